The van der Waals surface area contributed by atoms with Gasteiger partial charge >= 0.3 is 11.4 Å². The van der Waals surface area contributed by atoms with Crippen LogP contribution in [-0.4, -0.2) is 62.2 Å². The van der Waals surface area contributed by atoms with Gasteiger partial charge in [0.15, 0.2) is 11.5 Å². The molecule has 2 aromatic carbocycles. The van der Waals surface area contributed by atoms with Crippen LogP contribution in [0.3, 0.4) is 0 Å². The number of nitro groups is 2. The molecular weight excluding hydrogens is 452 g/mol. The molecule has 0 spiro atoms. The molecule has 0 atom stereocenters. The molecule has 0 aromatic heterocycles. The second kappa shape index (κ2) is 12.1. The lowest BCUT2D eigenvalue weighted by atomic mass is 9.99. The quantitative estimate of drug-likeness (QED) is 0.478. The fourth-order valence-corrected chi connectivity index (χ4v) is 3.97. The third kappa shape index (κ3) is 6.65. The minimum atomic E-state index is -0.431. The highest BCUT2D eigenvalue weighted by Gasteiger charge is 2.18. The van der Waals surface area contributed by atoms with E-state index in [4.69, 9.17) is 9.47 Å². The Morgan fingerprint density at radius 3 is 1.80 bits per heavy atom. The van der Waals surface area contributed by atoms with Gasteiger partial charge in [0.2, 0.25) is 0 Å². The van der Waals surface area contributed by atoms with Crippen LogP contribution in [0.5, 0.6) is 11.5 Å². The Hall–Kier alpha value is -3.76. The Bertz CT molecular complexity index is 1140. The number of methoxy groups -OCH3 is 2. The van der Waals surface area contributed by atoms with Crippen molar-refractivity contribution in [3.8, 4) is 11.5 Å². The highest BCUT2D eigenvalue weighted by Crippen LogP contribution is 2.33. The van der Waals surface area contributed by atoms with Crippen molar-refractivity contribution in [1.29, 1.82) is 0 Å². The van der Waals surface area contributed by atoms with Crippen molar-refractivity contribution >= 4 is 22.5 Å². The maximum atomic E-state index is 10.8. The summed E-state index contributed by atoms with van der Waals surface area (Å²) >= 11 is 0. The van der Waals surface area contributed by atoms with Crippen LogP contribution in [0.25, 0.3) is 11.1 Å². The Balaban J connectivity index is 0.000000196. The zero-order valence-corrected chi connectivity index (χ0v) is 20.2. The Kier molecular flexibility index (Phi) is 8.93. The maximum Gasteiger partial charge on any atom is 0.310 e. The number of likely N-dealkylation sites (N-methyl/N-ethyl adjacent to an activating group) is 1. The topological polar surface area (TPSA) is 120 Å². The molecule has 0 saturated heterocycles. The first-order chi connectivity index (χ1) is 16.8. The van der Waals surface area contributed by atoms with Crippen molar-refractivity contribution in [2.45, 2.75) is 12.8 Å². The van der Waals surface area contributed by atoms with Gasteiger partial charge < -0.3 is 19.7 Å². The molecule has 0 amide bonds. The van der Waals surface area contributed by atoms with Crippen LogP contribution >= 0.6 is 0 Å². The summed E-state index contributed by atoms with van der Waals surface area (Å²) in [6.45, 7) is 3.69. The molecule has 0 saturated carbocycles. The summed E-state index contributed by atoms with van der Waals surface area (Å²) in [6.07, 6.45) is 6.15. The molecule has 0 aliphatic carbocycles. The van der Waals surface area contributed by atoms with Crippen molar-refractivity contribution in [3.63, 3.8) is 0 Å². The van der Waals surface area contributed by atoms with Crippen LogP contribution in [0.15, 0.2) is 48.6 Å². The minimum absolute atomic E-state index is 0.00536. The van der Waals surface area contributed by atoms with Crippen LogP contribution in [0.1, 0.15) is 24.0 Å². The second-order valence-corrected chi connectivity index (χ2v) is 8.21. The van der Waals surface area contributed by atoms with E-state index in [-0.39, 0.29) is 11.4 Å². The molecule has 2 aliphatic heterocycles. The van der Waals surface area contributed by atoms with Crippen molar-refractivity contribution < 1.29 is 19.3 Å². The van der Waals surface area contributed by atoms with E-state index < -0.39 is 9.85 Å². The molecule has 2 aromatic rings. The summed E-state index contributed by atoms with van der Waals surface area (Å²) in [5.41, 5.74) is 4.44. The normalized spacial score (nSPS) is 15.7. The fourth-order valence-electron chi connectivity index (χ4n) is 3.97. The number of nitrogens with one attached hydrogen (secondary N) is 1. The number of nitrogens with zero attached hydrogens (tertiary/aromatic N) is 3. The average molecular weight is 483 g/mol. The molecule has 186 valence electrons. The maximum absolute atomic E-state index is 10.8. The lowest BCUT2D eigenvalue weighted by molar-refractivity contribution is -0.385. The molecule has 10 heteroatoms. The zero-order valence-electron chi connectivity index (χ0n) is 20.2. The van der Waals surface area contributed by atoms with Crippen LogP contribution in [-0.2, 0) is 0 Å². The first kappa shape index (κ1) is 25.9. The molecule has 0 fully saturated rings. The summed E-state index contributed by atoms with van der Waals surface area (Å²) < 4.78 is 10.1. The van der Waals surface area contributed by atoms with E-state index >= 15 is 0 Å². The lowest BCUT2D eigenvalue weighted by Crippen LogP contribution is -2.23. The van der Waals surface area contributed by atoms with Gasteiger partial charge in [-0.1, -0.05) is 12.2 Å². The molecule has 0 bridgehead atoms. The van der Waals surface area contributed by atoms with E-state index in [2.05, 4.69) is 29.4 Å². The summed E-state index contributed by atoms with van der Waals surface area (Å²) in [6, 6.07) is 10.0. The number of hydrogen-bond acceptors (Lipinski definition) is 8. The van der Waals surface area contributed by atoms with E-state index in [9.17, 15) is 20.2 Å². The second-order valence-electron chi connectivity index (χ2n) is 8.21. The highest BCUT2D eigenvalue weighted by molar-refractivity contribution is 5.70. The molecule has 35 heavy (non-hydrogen) atoms. The van der Waals surface area contributed by atoms with Crippen LogP contribution < -0.4 is 14.8 Å². The van der Waals surface area contributed by atoms with Gasteiger partial charge in [-0.2, -0.15) is 0 Å². The molecule has 4 rings (SSSR count). The SMILES string of the molecule is COc1cc(C2=CCN(C)CC2)ccc1[N+](=O)[O-].COc1cc(C2=CCNCC2)ccc1[N+](=O)[O-]. The predicted molar refractivity (Wildman–Crippen MR) is 135 cm³/mol. The Labute approximate surface area is 204 Å². The molecule has 10 nitrogen and oxygen atoms in total. The van der Waals surface area contributed by atoms with Crippen LogP contribution in [0.2, 0.25) is 0 Å². The number of ether oxygens (including phenoxy) is 2. The van der Waals surface area contributed by atoms with Gasteiger partial charge in [-0.25, -0.2) is 0 Å². The van der Waals surface area contributed by atoms with Crippen molar-refractivity contribution in [2.24, 2.45) is 0 Å². The fraction of sp³-hybridized carbons (Fsp3) is 0.360. The molecule has 1 N–H and O–H groups in total. The Morgan fingerprint density at radius 1 is 0.857 bits per heavy atom. The minimum Gasteiger partial charge on any atom is -0.490 e. The molecular formula is C25H30N4O6. The van der Waals surface area contributed by atoms with E-state index in [1.807, 2.05) is 0 Å². The zero-order chi connectivity index (χ0) is 25.4. The predicted octanol–water partition coefficient (Wildman–Crippen LogP) is 4.30. The molecule has 0 unspecified atom stereocenters. The van der Waals surface area contributed by atoms with Gasteiger partial charge in [-0.05, 0) is 73.0 Å². The number of rotatable bonds is 6. The summed E-state index contributed by atoms with van der Waals surface area (Å²) in [5.74, 6) is 0.629. The van der Waals surface area contributed by atoms with Crippen LogP contribution in [0.4, 0.5) is 11.4 Å². The molecule has 0 radical (unpaired) electrons. The van der Waals surface area contributed by atoms with Gasteiger partial charge in [0.25, 0.3) is 0 Å². The van der Waals surface area contributed by atoms with Gasteiger partial charge in [-0.15, -0.1) is 0 Å². The molecule has 2 heterocycles. The monoisotopic (exact) mass is 482 g/mol. The number of benzene rings is 2. The van der Waals surface area contributed by atoms with E-state index in [0.717, 1.165) is 50.1 Å². The van der Waals surface area contributed by atoms with E-state index in [1.54, 1.807) is 24.3 Å². The third-order valence-electron chi connectivity index (χ3n) is 5.97. The average Bonchev–Trinajstić information content (AvgIpc) is 2.89. The van der Waals surface area contributed by atoms with Crippen molar-refractivity contribution in [1.82, 2.24) is 10.2 Å². The summed E-state index contributed by atoms with van der Waals surface area (Å²) in [4.78, 5) is 23.0. The lowest BCUT2D eigenvalue weighted by Gasteiger charge is -2.22. The largest absolute Gasteiger partial charge is 0.490 e. The summed E-state index contributed by atoms with van der Waals surface area (Å²) in [7, 11) is 4.97. The standard InChI is InChI=1S/C13H16N2O3.C12H14N2O3/c1-14-7-5-10(6-8-14)11-3-4-12(15(16)17)13(9-11)18-2;1-17-12-8-10(2-3-11(12)14(15)16)9-4-6-13-7-5-9/h3-5,9H,6-8H2,1-2H3;2-4,8,13H,5-7H2,1H3. The summed E-state index contributed by atoms with van der Waals surface area (Å²) in [5, 5.41) is 24.8. The van der Waals surface area contributed by atoms with Crippen molar-refractivity contribution in [2.75, 3.05) is 47.4 Å². The van der Waals surface area contributed by atoms with Gasteiger partial charge in [0, 0.05) is 31.8 Å². The smallest absolute Gasteiger partial charge is 0.310 e. The number of nitro benzene ring substituents is 2. The molecule has 2 aliphatic rings. The van der Waals surface area contributed by atoms with E-state index in [0.29, 0.717) is 11.5 Å². The highest BCUT2D eigenvalue weighted by atomic mass is 16.6. The first-order valence-corrected chi connectivity index (χ1v) is 11.3. The van der Waals surface area contributed by atoms with Gasteiger partial charge in [0.1, 0.15) is 0 Å². The van der Waals surface area contributed by atoms with Crippen LogP contribution in [0, 0.1) is 20.2 Å². The van der Waals surface area contributed by atoms with Crippen molar-refractivity contribution in [3.05, 3.63) is 79.9 Å². The third-order valence-corrected chi connectivity index (χ3v) is 5.97. The first-order valence-electron chi connectivity index (χ1n) is 11.3. The van der Waals surface area contributed by atoms with Gasteiger partial charge in [0.05, 0.1) is 24.1 Å². The number of hydrogen-bond donors (Lipinski definition) is 1. The van der Waals surface area contributed by atoms with E-state index in [1.165, 1.54) is 37.5 Å². The Morgan fingerprint density at radius 2 is 1.40 bits per heavy atom. The van der Waals surface area contributed by atoms with Gasteiger partial charge in [-0.3, -0.25) is 20.2 Å².